The first-order valence-electron chi connectivity index (χ1n) is 4.82. The first-order chi connectivity index (χ1) is 6.92. The molecule has 0 atom stereocenters. The summed E-state index contributed by atoms with van der Waals surface area (Å²) in [4.78, 5) is 4.09. The number of nitriles is 1. The smallest absolute Gasteiger partial charge is 0.149 e. The molecule has 0 aliphatic carbocycles. The van der Waals surface area contributed by atoms with E-state index in [4.69, 9.17) is 11.0 Å². The van der Waals surface area contributed by atoms with Gasteiger partial charge in [-0.1, -0.05) is 20.8 Å². The van der Waals surface area contributed by atoms with E-state index < -0.39 is 0 Å². The third-order valence-electron chi connectivity index (χ3n) is 1.83. The van der Waals surface area contributed by atoms with E-state index in [0.717, 1.165) is 6.54 Å². The van der Waals surface area contributed by atoms with E-state index in [1.165, 1.54) is 6.20 Å². The molecule has 3 N–H and O–H groups in total. The summed E-state index contributed by atoms with van der Waals surface area (Å²) in [5, 5.41) is 11.8. The molecular weight excluding hydrogens is 188 g/mol. The van der Waals surface area contributed by atoms with Crippen LogP contribution in [0.1, 0.15) is 26.3 Å². The summed E-state index contributed by atoms with van der Waals surface area (Å²) in [5.74, 6) is 0.643. The predicted molar refractivity (Wildman–Crippen MR) is 61.3 cm³/mol. The summed E-state index contributed by atoms with van der Waals surface area (Å²) in [6.07, 6.45) is 1.52. The molecule has 0 bridgehead atoms. The number of hydrogen-bond acceptors (Lipinski definition) is 4. The summed E-state index contributed by atoms with van der Waals surface area (Å²) in [7, 11) is 0. The van der Waals surface area contributed by atoms with Crippen LogP contribution in [-0.2, 0) is 0 Å². The van der Waals surface area contributed by atoms with Gasteiger partial charge in [0.15, 0.2) is 0 Å². The highest BCUT2D eigenvalue weighted by Crippen LogP contribution is 2.19. The second-order valence-electron chi connectivity index (χ2n) is 4.69. The molecule has 0 unspecified atom stereocenters. The van der Waals surface area contributed by atoms with Crippen LogP contribution in [0.2, 0.25) is 0 Å². The van der Waals surface area contributed by atoms with Crippen molar-refractivity contribution in [3.63, 3.8) is 0 Å². The molecule has 4 nitrogen and oxygen atoms in total. The van der Waals surface area contributed by atoms with Crippen LogP contribution >= 0.6 is 0 Å². The number of nitrogen functional groups attached to an aromatic ring is 1. The van der Waals surface area contributed by atoms with Gasteiger partial charge in [0.1, 0.15) is 11.9 Å². The Morgan fingerprint density at radius 1 is 1.53 bits per heavy atom. The lowest BCUT2D eigenvalue weighted by Crippen LogP contribution is -2.20. The maximum atomic E-state index is 8.65. The fourth-order valence-electron chi connectivity index (χ4n) is 1.04. The molecule has 0 aromatic carbocycles. The second-order valence-corrected chi connectivity index (χ2v) is 4.69. The number of nitrogens with one attached hydrogen (secondary N) is 1. The number of nitrogens with zero attached hydrogens (tertiary/aromatic N) is 2. The molecule has 1 heterocycles. The number of rotatable bonds is 2. The highest BCUT2D eigenvalue weighted by atomic mass is 15.0. The van der Waals surface area contributed by atoms with E-state index >= 15 is 0 Å². The highest BCUT2D eigenvalue weighted by molar-refractivity contribution is 5.63. The van der Waals surface area contributed by atoms with Gasteiger partial charge in [-0.25, -0.2) is 4.98 Å². The molecule has 1 aromatic heterocycles. The first-order valence-corrected chi connectivity index (χ1v) is 4.82. The fraction of sp³-hybridized carbons (Fsp3) is 0.455. The highest BCUT2D eigenvalue weighted by Gasteiger charge is 2.11. The number of anilines is 2. The van der Waals surface area contributed by atoms with Crippen LogP contribution in [0.4, 0.5) is 11.5 Å². The van der Waals surface area contributed by atoms with Gasteiger partial charge < -0.3 is 11.1 Å². The molecule has 0 aliphatic heterocycles. The number of nitrogens with two attached hydrogens (primary N) is 1. The minimum absolute atomic E-state index is 0.169. The largest absolute Gasteiger partial charge is 0.396 e. The van der Waals surface area contributed by atoms with Crippen LogP contribution < -0.4 is 11.1 Å². The standard InChI is InChI=1S/C11H16N4/c1-11(2,3)7-15-10-9(13)4-8(5-12)6-14-10/h4,6H,7,13H2,1-3H3,(H,14,15). The molecular formula is C11H16N4. The average Bonchev–Trinajstić information content (AvgIpc) is 2.14. The summed E-state index contributed by atoms with van der Waals surface area (Å²) < 4.78 is 0. The molecule has 4 heteroatoms. The Labute approximate surface area is 90.1 Å². The maximum absolute atomic E-state index is 8.65. The number of pyridine rings is 1. The van der Waals surface area contributed by atoms with Crippen molar-refractivity contribution in [3.8, 4) is 6.07 Å². The molecule has 1 aromatic rings. The van der Waals surface area contributed by atoms with Crippen molar-refractivity contribution in [1.29, 1.82) is 5.26 Å². The van der Waals surface area contributed by atoms with Gasteiger partial charge in [0.2, 0.25) is 0 Å². The molecule has 0 radical (unpaired) electrons. The summed E-state index contributed by atoms with van der Waals surface area (Å²) in [6.45, 7) is 7.16. The molecule has 0 saturated heterocycles. The first kappa shape index (κ1) is 11.3. The van der Waals surface area contributed by atoms with E-state index in [1.54, 1.807) is 6.07 Å². The van der Waals surface area contributed by atoms with E-state index in [9.17, 15) is 0 Å². The minimum Gasteiger partial charge on any atom is -0.396 e. The van der Waals surface area contributed by atoms with Crippen molar-refractivity contribution in [1.82, 2.24) is 4.98 Å². The van der Waals surface area contributed by atoms with Gasteiger partial charge in [-0.05, 0) is 11.5 Å². The molecule has 1 rings (SSSR count). The predicted octanol–water partition coefficient (Wildman–Crippen LogP) is 1.99. The van der Waals surface area contributed by atoms with Gasteiger partial charge in [-0.3, -0.25) is 0 Å². The summed E-state index contributed by atoms with van der Waals surface area (Å²) in [6, 6.07) is 3.62. The van der Waals surface area contributed by atoms with E-state index in [2.05, 4.69) is 31.1 Å². The minimum atomic E-state index is 0.169. The molecule has 0 aliphatic rings. The average molecular weight is 204 g/mol. The Morgan fingerprint density at radius 3 is 2.67 bits per heavy atom. The Bertz CT molecular complexity index is 385. The fourth-order valence-corrected chi connectivity index (χ4v) is 1.04. The second kappa shape index (κ2) is 4.18. The normalized spacial score (nSPS) is 10.8. The van der Waals surface area contributed by atoms with Crippen LogP contribution in [0.25, 0.3) is 0 Å². The number of aromatic nitrogens is 1. The monoisotopic (exact) mass is 204 g/mol. The lowest BCUT2D eigenvalue weighted by molar-refractivity contribution is 0.442. The van der Waals surface area contributed by atoms with Crippen LogP contribution in [0.3, 0.4) is 0 Å². The van der Waals surface area contributed by atoms with Gasteiger partial charge in [0.05, 0.1) is 11.3 Å². The van der Waals surface area contributed by atoms with Crippen LogP contribution in [0.5, 0.6) is 0 Å². The molecule has 0 spiro atoms. The lowest BCUT2D eigenvalue weighted by atomic mass is 9.97. The number of hydrogen-bond donors (Lipinski definition) is 2. The summed E-state index contributed by atoms with van der Waals surface area (Å²) >= 11 is 0. The van der Waals surface area contributed by atoms with Gasteiger partial charge in [0, 0.05) is 12.7 Å². The van der Waals surface area contributed by atoms with Crippen molar-refractivity contribution >= 4 is 11.5 Å². The van der Waals surface area contributed by atoms with Gasteiger partial charge in [0.25, 0.3) is 0 Å². The third-order valence-corrected chi connectivity index (χ3v) is 1.83. The van der Waals surface area contributed by atoms with Crippen molar-refractivity contribution in [3.05, 3.63) is 17.8 Å². The van der Waals surface area contributed by atoms with Crippen molar-refractivity contribution in [2.24, 2.45) is 5.41 Å². The topological polar surface area (TPSA) is 74.7 Å². The Hall–Kier alpha value is -1.76. The van der Waals surface area contributed by atoms with Crippen molar-refractivity contribution < 1.29 is 0 Å². The van der Waals surface area contributed by atoms with Gasteiger partial charge in [-0.15, -0.1) is 0 Å². The molecule has 15 heavy (non-hydrogen) atoms. The van der Waals surface area contributed by atoms with Gasteiger partial charge in [-0.2, -0.15) is 5.26 Å². The Morgan fingerprint density at radius 2 is 2.20 bits per heavy atom. The van der Waals surface area contributed by atoms with E-state index in [-0.39, 0.29) is 5.41 Å². The van der Waals surface area contributed by atoms with Crippen LogP contribution in [0, 0.1) is 16.7 Å². The van der Waals surface area contributed by atoms with Crippen LogP contribution in [-0.4, -0.2) is 11.5 Å². The van der Waals surface area contributed by atoms with Crippen LogP contribution in [0.15, 0.2) is 12.3 Å². The van der Waals surface area contributed by atoms with Gasteiger partial charge >= 0.3 is 0 Å². The van der Waals surface area contributed by atoms with E-state index in [1.807, 2.05) is 6.07 Å². The molecule has 0 amide bonds. The molecule has 0 fully saturated rings. The summed E-state index contributed by atoms with van der Waals surface area (Å²) in [5.41, 5.74) is 6.91. The Kier molecular flexibility index (Phi) is 3.15. The quantitative estimate of drug-likeness (QED) is 0.772. The maximum Gasteiger partial charge on any atom is 0.149 e. The lowest BCUT2D eigenvalue weighted by Gasteiger charge is -2.19. The molecule has 0 saturated carbocycles. The zero-order chi connectivity index (χ0) is 11.5. The van der Waals surface area contributed by atoms with Crippen molar-refractivity contribution in [2.75, 3.05) is 17.6 Å². The zero-order valence-electron chi connectivity index (χ0n) is 9.33. The Balaban J connectivity index is 2.76. The van der Waals surface area contributed by atoms with Crippen molar-refractivity contribution in [2.45, 2.75) is 20.8 Å². The third kappa shape index (κ3) is 3.47. The SMILES string of the molecule is CC(C)(C)CNc1ncc(C#N)cc1N. The molecule has 80 valence electrons. The zero-order valence-corrected chi connectivity index (χ0v) is 9.33. The van der Waals surface area contributed by atoms with E-state index in [0.29, 0.717) is 17.1 Å².